The molecule has 4 nitrogen and oxygen atoms in total. The lowest BCUT2D eigenvalue weighted by Crippen LogP contribution is -2.13. The second kappa shape index (κ2) is 4.71. The molecule has 0 fully saturated rings. The summed E-state index contributed by atoms with van der Waals surface area (Å²) in [5.41, 5.74) is 1.81. The van der Waals surface area contributed by atoms with Crippen molar-refractivity contribution in [2.75, 3.05) is 5.32 Å². The van der Waals surface area contributed by atoms with Crippen LogP contribution in [0.3, 0.4) is 0 Å². The molecule has 1 N–H and O–H groups in total. The number of carbonyl (C=O) groups is 1. The zero-order valence-corrected chi connectivity index (χ0v) is 11.0. The fraction of sp³-hybridized carbons (Fsp3) is 0.167. The van der Waals surface area contributed by atoms with Crippen molar-refractivity contribution in [1.29, 1.82) is 0 Å². The number of halogens is 1. The Bertz CT molecular complexity index is 546. The molecule has 1 aromatic carbocycles. The van der Waals surface area contributed by atoms with Crippen molar-refractivity contribution in [2.24, 2.45) is 0 Å². The van der Waals surface area contributed by atoms with Gasteiger partial charge in [-0.3, -0.25) is 4.79 Å². The topological polar surface area (TPSA) is 55.1 Å². The second-order valence-electron chi connectivity index (χ2n) is 3.67. The van der Waals surface area contributed by atoms with Gasteiger partial charge < -0.3 is 9.84 Å². The van der Waals surface area contributed by atoms with Crippen LogP contribution in [-0.2, 0) is 0 Å². The first kappa shape index (κ1) is 11.9. The van der Waals surface area contributed by atoms with Crippen LogP contribution < -0.4 is 5.32 Å². The molecule has 1 amide bonds. The van der Waals surface area contributed by atoms with Gasteiger partial charge in [-0.2, -0.15) is 0 Å². The Morgan fingerprint density at radius 3 is 2.47 bits per heavy atom. The molecule has 5 heteroatoms. The third-order valence-corrected chi connectivity index (χ3v) is 3.00. The number of aryl methyl sites for hydroxylation is 1. The summed E-state index contributed by atoms with van der Waals surface area (Å²) in [4.78, 5) is 11.9. The van der Waals surface area contributed by atoms with Crippen LogP contribution in [0, 0.1) is 13.8 Å². The molecular weight excluding hydrogens is 284 g/mol. The number of aromatic nitrogens is 1. The van der Waals surface area contributed by atoms with E-state index in [0.29, 0.717) is 11.5 Å². The largest absolute Gasteiger partial charge is 0.361 e. The first-order valence-electron chi connectivity index (χ1n) is 5.07. The number of hydrogen-bond acceptors (Lipinski definition) is 3. The molecule has 88 valence electrons. The van der Waals surface area contributed by atoms with Gasteiger partial charge in [0, 0.05) is 15.7 Å². The maximum absolute atomic E-state index is 11.9. The maximum atomic E-state index is 11.9. The molecule has 17 heavy (non-hydrogen) atoms. The summed E-state index contributed by atoms with van der Waals surface area (Å²) in [5, 5.41) is 6.49. The highest BCUT2D eigenvalue weighted by Crippen LogP contribution is 2.16. The monoisotopic (exact) mass is 294 g/mol. The van der Waals surface area contributed by atoms with Crippen molar-refractivity contribution in [3.8, 4) is 0 Å². The lowest BCUT2D eigenvalue weighted by molar-refractivity contribution is 0.101. The van der Waals surface area contributed by atoms with Gasteiger partial charge in [0.2, 0.25) is 0 Å². The zero-order chi connectivity index (χ0) is 12.4. The average molecular weight is 295 g/mol. The summed E-state index contributed by atoms with van der Waals surface area (Å²) in [6.07, 6.45) is 0. The van der Waals surface area contributed by atoms with Crippen molar-refractivity contribution in [2.45, 2.75) is 13.8 Å². The summed E-state index contributed by atoms with van der Waals surface area (Å²) in [6, 6.07) is 7.33. The van der Waals surface area contributed by atoms with Crippen LogP contribution >= 0.6 is 15.9 Å². The van der Waals surface area contributed by atoms with E-state index < -0.39 is 0 Å². The van der Waals surface area contributed by atoms with E-state index in [1.165, 1.54) is 0 Å². The van der Waals surface area contributed by atoms with Gasteiger partial charge >= 0.3 is 0 Å². The first-order valence-corrected chi connectivity index (χ1v) is 5.87. The average Bonchev–Trinajstić information content (AvgIpc) is 2.63. The Hall–Kier alpha value is -1.62. The maximum Gasteiger partial charge on any atom is 0.278 e. The minimum atomic E-state index is -0.262. The van der Waals surface area contributed by atoms with Gasteiger partial charge in [0.25, 0.3) is 5.91 Å². The molecule has 2 rings (SSSR count). The third kappa shape index (κ3) is 2.55. The quantitative estimate of drug-likeness (QED) is 0.924. The number of anilines is 1. The van der Waals surface area contributed by atoms with Crippen LogP contribution in [0.5, 0.6) is 0 Å². The smallest absolute Gasteiger partial charge is 0.278 e. The molecule has 0 radical (unpaired) electrons. The van der Waals surface area contributed by atoms with E-state index in [2.05, 4.69) is 26.4 Å². The summed E-state index contributed by atoms with van der Waals surface area (Å²) >= 11 is 3.33. The van der Waals surface area contributed by atoms with E-state index in [4.69, 9.17) is 4.52 Å². The van der Waals surface area contributed by atoms with Gasteiger partial charge in [0.15, 0.2) is 5.69 Å². The molecule has 0 unspecified atom stereocenters. The summed E-state index contributed by atoms with van der Waals surface area (Å²) < 4.78 is 5.92. The first-order chi connectivity index (χ1) is 8.08. The molecule has 2 aromatic rings. The number of amides is 1. The molecule has 0 bridgehead atoms. The SMILES string of the molecule is Cc1onc(C(=O)Nc2ccc(Br)cc2)c1C. The van der Waals surface area contributed by atoms with Crippen LogP contribution in [0.4, 0.5) is 5.69 Å². The predicted octanol–water partition coefficient (Wildman–Crippen LogP) is 3.31. The van der Waals surface area contributed by atoms with Gasteiger partial charge in [-0.1, -0.05) is 21.1 Å². The number of rotatable bonds is 2. The third-order valence-electron chi connectivity index (χ3n) is 2.47. The molecule has 0 saturated carbocycles. The number of nitrogens with one attached hydrogen (secondary N) is 1. The molecule has 1 aromatic heterocycles. The molecule has 1 heterocycles. The zero-order valence-electron chi connectivity index (χ0n) is 9.45. The van der Waals surface area contributed by atoms with Crippen LogP contribution in [0.15, 0.2) is 33.3 Å². The molecule has 0 aliphatic heterocycles. The normalized spacial score (nSPS) is 10.3. The van der Waals surface area contributed by atoms with E-state index >= 15 is 0 Å². The van der Waals surface area contributed by atoms with Crippen LogP contribution in [0.1, 0.15) is 21.8 Å². The van der Waals surface area contributed by atoms with E-state index in [1.807, 2.05) is 31.2 Å². The highest BCUT2D eigenvalue weighted by molar-refractivity contribution is 9.10. The standard InChI is InChI=1S/C12H11BrN2O2/c1-7-8(2)17-15-11(7)12(16)14-10-5-3-9(13)4-6-10/h3-6H,1-2H3,(H,14,16). The summed E-state index contributed by atoms with van der Waals surface area (Å²) in [5.74, 6) is 0.396. The van der Waals surface area contributed by atoms with E-state index in [9.17, 15) is 4.79 Å². The lowest BCUT2D eigenvalue weighted by Gasteiger charge is -2.03. The Morgan fingerprint density at radius 2 is 1.94 bits per heavy atom. The molecule has 0 aliphatic carbocycles. The van der Waals surface area contributed by atoms with Crippen molar-refractivity contribution < 1.29 is 9.32 Å². The van der Waals surface area contributed by atoms with Crippen molar-refractivity contribution >= 4 is 27.5 Å². The fourth-order valence-electron chi connectivity index (χ4n) is 1.35. The van der Waals surface area contributed by atoms with Crippen LogP contribution in [0.2, 0.25) is 0 Å². The van der Waals surface area contributed by atoms with Gasteiger partial charge in [-0.25, -0.2) is 0 Å². The van der Waals surface area contributed by atoms with Crippen LogP contribution in [0.25, 0.3) is 0 Å². The number of nitrogens with zero attached hydrogens (tertiary/aromatic N) is 1. The van der Waals surface area contributed by atoms with E-state index in [1.54, 1.807) is 6.92 Å². The Kier molecular flexibility index (Phi) is 3.28. The van der Waals surface area contributed by atoms with Crippen molar-refractivity contribution in [3.63, 3.8) is 0 Å². The van der Waals surface area contributed by atoms with Gasteiger partial charge in [0.05, 0.1) is 0 Å². The van der Waals surface area contributed by atoms with E-state index in [0.717, 1.165) is 15.7 Å². The molecular formula is C12H11BrN2O2. The number of benzene rings is 1. The van der Waals surface area contributed by atoms with Gasteiger partial charge in [0.1, 0.15) is 5.76 Å². The van der Waals surface area contributed by atoms with Gasteiger partial charge in [-0.05, 0) is 38.1 Å². The van der Waals surface area contributed by atoms with E-state index in [-0.39, 0.29) is 5.91 Å². The van der Waals surface area contributed by atoms with Crippen molar-refractivity contribution in [1.82, 2.24) is 5.16 Å². The molecule has 0 spiro atoms. The van der Waals surface area contributed by atoms with Gasteiger partial charge in [-0.15, -0.1) is 0 Å². The highest BCUT2D eigenvalue weighted by atomic mass is 79.9. The van der Waals surface area contributed by atoms with Crippen LogP contribution in [-0.4, -0.2) is 11.1 Å². The molecule has 0 saturated heterocycles. The summed E-state index contributed by atoms with van der Waals surface area (Å²) in [6.45, 7) is 3.58. The summed E-state index contributed by atoms with van der Waals surface area (Å²) in [7, 11) is 0. The minimum Gasteiger partial charge on any atom is -0.361 e. The fourth-order valence-corrected chi connectivity index (χ4v) is 1.62. The Morgan fingerprint density at radius 1 is 1.29 bits per heavy atom. The predicted molar refractivity (Wildman–Crippen MR) is 68.1 cm³/mol. The number of hydrogen-bond donors (Lipinski definition) is 1. The molecule has 0 atom stereocenters. The Balaban J connectivity index is 2.17. The lowest BCUT2D eigenvalue weighted by atomic mass is 10.2. The van der Waals surface area contributed by atoms with Crippen molar-refractivity contribution in [3.05, 3.63) is 45.8 Å². The highest BCUT2D eigenvalue weighted by Gasteiger charge is 2.16. The molecule has 0 aliphatic rings. The number of carbonyl (C=O) groups excluding carboxylic acids is 1. The second-order valence-corrected chi connectivity index (χ2v) is 4.59. The Labute approximate surface area is 107 Å². The minimum absolute atomic E-state index is 0.262.